The topological polar surface area (TPSA) is 60.5 Å². The van der Waals surface area contributed by atoms with Crippen LogP contribution >= 0.6 is 0 Å². The van der Waals surface area contributed by atoms with E-state index in [4.69, 9.17) is 10.5 Å². The number of hydrogen-bond acceptors (Lipinski definition) is 3. The minimum atomic E-state index is -0.237. The Bertz CT molecular complexity index is 675. The quantitative estimate of drug-likeness (QED) is 0.811. The van der Waals surface area contributed by atoms with E-state index in [1.54, 1.807) is 4.90 Å². The number of nitrogens with two attached hydrogens (primary N) is 1. The molecule has 106 valence electrons. The third-order valence-electron chi connectivity index (χ3n) is 3.97. The van der Waals surface area contributed by atoms with Crippen LogP contribution < -0.4 is 5.73 Å². The Morgan fingerprint density at radius 2 is 2.25 bits per heavy atom. The van der Waals surface area contributed by atoms with Crippen molar-refractivity contribution in [2.24, 2.45) is 7.05 Å². The van der Waals surface area contributed by atoms with Crippen LogP contribution in [0.25, 0.3) is 10.9 Å². The molecule has 2 aromatic rings. The first-order valence-corrected chi connectivity index (χ1v) is 6.89. The zero-order valence-corrected chi connectivity index (χ0v) is 11.8. The predicted octanol–water partition coefficient (Wildman–Crippen LogP) is 2.28. The summed E-state index contributed by atoms with van der Waals surface area (Å²) in [5, 5.41) is 1.14. The summed E-state index contributed by atoms with van der Waals surface area (Å²) in [5.41, 5.74) is 10.4. The Labute approximate surface area is 117 Å². The first kappa shape index (κ1) is 12.8. The van der Waals surface area contributed by atoms with Crippen molar-refractivity contribution in [3.8, 4) is 0 Å². The van der Waals surface area contributed by atoms with E-state index in [1.807, 2.05) is 26.1 Å². The molecule has 1 aromatic heterocycles. The largest absolute Gasteiger partial charge is 0.450 e. The first-order valence-electron chi connectivity index (χ1n) is 6.89. The lowest BCUT2D eigenvalue weighted by atomic mass is 10.0. The fourth-order valence-electron chi connectivity index (χ4n) is 3.05. The van der Waals surface area contributed by atoms with Gasteiger partial charge < -0.3 is 19.9 Å². The third-order valence-corrected chi connectivity index (χ3v) is 3.97. The number of nitrogen functional groups attached to an aromatic ring is 1. The number of carbonyl (C=O) groups is 1. The fourth-order valence-corrected chi connectivity index (χ4v) is 3.05. The number of rotatable bonds is 1. The van der Waals surface area contributed by atoms with Gasteiger partial charge in [0.2, 0.25) is 0 Å². The van der Waals surface area contributed by atoms with E-state index in [1.165, 1.54) is 11.3 Å². The minimum Gasteiger partial charge on any atom is -0.450 e. The molecule has 0 unspecified atom stereocenters. The van der Waals surface area contributed by atoms with Crippen LogP contribution in [-0.4, -0.2) is 28.7 Å². The minimum absolute atomic E-state index is 0.237. The third kappa shape index (κ3) is 1.81. The average molecular weight is 273 g/mol. The highest BCUT2D eigenvalue weighted by Gasteiger charge is 2.26. The normalized spacial score (nSPS) is 14.4. The standard InChI is InChI=1S/C15H19N3O2/c1-3-20-15(19)18-8-7-13-11(9-18)10-5-4-6-12(16)14(10)17(13)2/h4-6H,3,7-9,16H2,1-2H3. The van der Waals surface area contributed by atoms with Crippen LogP contribution in [0.15, 0.2) is 18.2 Å². The van der Waals surface area contributed by atoms with Gasteiger partial charge in [-0.15, -0.1) is 0 Å². The van der Waals surface area contributed by atoms with Crippen LogP contribution in [0.3, 0.4) is 0 Å². The van der Waals surface area contributed by atoms with Crippen molar-refractivity contribution in [1.29, 1.82) is 0 Å². The molecule has 3 rings (SSSR count). The lowest BCUT2D eigenvalue weighted by Gasteiger charge is -2.27. The van der Waals surface area contributed by atoms with Gasteiger partial charge in [0.1, 0.15) is 0 Å². The van der Waals surface area contributed by atoms with Gasteiger partial charge in [-0.25, -0.2) is 4.79 Å². The van der Waals surface area contributed by atoms with Crippen molar-refractivity contribution in [1.82, 2.24) is 9.47 Å². The molecule has 1 aromatic carbocycles. The summed E-state index contributed by atoms with van der Waals surface area (Å²) in [6.07, 6.45) is 0.595. The number of anilines is 1. The lowest BCUT2D eigenvalue weighted by molar-refractivity contribution is 0.102. The van der Waals surface area contributed by atoms with Crippen LogP contribution in [0.5, 0.6) is 0 Å². The zero-order valence-electron chi connectivity index (χ0n) is 11.8. The first-order chi connectivity index (χ1) is 9.63. The van der Waals surface area contributed by atoms with Crippen molar-refractivity contribution < 1.29 is 9.53 Å². The van der Waals surface area contributed by atoms with E-state index < -0.39 is 0 Å². The number of aromatic nitrogens is 1. The number of benzene rings is 1. The van der Waals surface area contributed by atoms with Gasteiger partial charge in [-0.1, -0.05) is 12.1 Å². The van der Waals surface area contributed by atoms with Crippen molar-refractivity contribution in [3.63, 3.8) is 0 Å². The number of nitrogens with zero attached hydrogens (tertiary/aromatic N) is 2. The Morgan fingerprint density at radius 1 is 1.45 bits per heavy atom. The van der Waals surface area contributed by atoms with Crippen molar-refractivity contribution >= 4 is 22.7 Å². The van der Waals surface area contributed by atoms with Gasteiger partial charge in [-0.2, -0.15) is 0 Å². The molecule has 2 heterocycles. The average Bonchev–Trinajstić information content (AvgIpc) is 2.73. The molecule has 2 N–H and O–H groups in total. The zero-order chi connectivity index (χ0) is 14.3. The lowest BCUT2D eigenvalue weighted by Crippen LogP contribution is -2.36. The Hall–Kier alpha value is -2.17. The molecule has 0 saturated carbocycles. The van der Waals surface area contributed by atoms with Gasteiger partial charge in [0.05, 0.1) is 24.4 Å². The molecule has 0 fully saturated rings. The summed E-state index contributed by atoms with van der Waals surface area (Å²) in [6, 6.07) is 5.94. The maximum atomic E-state index is 11.9. The molecule has 0 atom stereocenters. The number of aryl methyl sites for hydroxylation is 1. The van der Waals surface area contributed by atoms with E-state index in [9.17, 15) is 4.79 Å². The van der Waals surface area contributed by atoms with Crippen molar-refractivity contribution in [2.45, 2.75) is 19.9 Å². The van der Waals surface area contributed by atoms with Crippen LogP contribution in [-0.2, 0) is 24.8 Å². The molecule has 0 aliphatic carbocycles. The second-order valence-corrected chi connectivity index (χ2v) is 5.10. The maximum Gasteiger partial charge on any atom is 0.410 e. The smallest absolute Gasteiger partial charge is 0.410 e. The molecule has 0 saturated heterocycles. The summed E-state index contributed by atoms with van der Waals surface area (Å²) < 4.78 is 7.25. The van der Waals surface area contributed by atoms with Gasteiger partial charge >= 0.3 is 6.09 Å². The summed E-state index contributed by atoms with van der Waals surface area (Å²) in [6.45, 7) is 3.52. The van der Waals surface area contributed by atoms with E-state index in [-0.39, 0.29) is 6.09 Å². The Morgan fingerprint density at radius 3 is 3.00 bits per heavy atom. The molecular weight excluding hydrogens is 254 g/mol. The molecule has 5 heteroatoms. The highest BCUT2D eigenvalue weighted by molar-refractivity contribution is 5.94. The maximum absolute atomic E-state index is 11.9. The van der Waals surface area contributed by atoms with Crippen molar-refractivity contribution in [2.75, 3.05) is 18.9 Å². The fraction of sp³-hybridized carbons (Fsp3) is 0.400. The molecule has 5 nitrogen and oxygen atoms in total. The molecule has 20 heavy (non-hydrogen) atoms. The predicted molar refractivity (Wildman–Crippen MR) is 78.5 cm³/mol. The van der Waals surface area contributed by atoms with E-state index in [0.29, 0.717) is 19.7 Å². The molecule has 1 amide bonds. The van der Waals surface area contributed by atoms with E-state index >= 15 is 0 Å². The highest BCUT2D eigenvalue weighted by atomic mass is 16.6. The van der Waals surface area contributed by atoms with E-state index in [0.717, 1.165) is 23.0 Å². The number of para-hydroxylation sites is 1. The molecule has 0 radical (unpaired) electrons. The molecule has 0 spiro atoms. The number of fused-ring (bicyclic) bond motifs is 3. The van der Waals surface area contributed by atoms with Crippen molar-refractivity contribution in [3.05, 3.63) is 29.5 Å². The van der Waals surface area contributed by atoms with Gasteiger partial charge in [-0.05, 0) is 13.0 Å². The van der Waals surface area contributed by atoms with Crippen LogP contribution in [0.1, 0.15) is 18.2 Å². The molecular formula is C15H19N3O2. The van der Waals surface area contributed by atoms with Gasteiger partial charge in [0.25, 0.3) is 0 Å². The van der Waals surface area contributed by atoms with Gasteiger partial charge in [0.15, 0.2) is 0 Å². The molecule has 1 aliphatic rings. The second kappa shape index (κ2) is 4.74. The monoisotopic (exact) mass is 273 g/mol. The molecule has 1 aliphatic heterocycles. The number of carbonyl (C=O) groups excluding carboxylic acids is 1. The van der Waals surface area contributed by atoms with Gasteiger partial charge in [0, 0.05) is 36.7 Å². The SMILES string of the molecule is CCOC(=O)N1CCc2c(c3cccc(N)c3n2C)C1. The Balaban J connectivity index is 2.05. The van der Waals surface area contributed by atoms with Crippen LogP contribution in [0.4, 0.5) is 10.5 Å². The highest BCUT2D eigenvalue weighted by Crippen LogP contribution is 2.33. The van der Waals surface area contributed by atoms with E-state index in [2.05, 4.69) is 10.6 Å². The van der Waals surface area contributed by atoms with Gasteiger partial charge in [-0.3, -0.25) is 0 Å². The molecule has 0 bridgehead atoms. The number of amides is 1. The number of hydrogen-bond donors (Lipinski definition) is 1. The summed E-state index contributed by atoms with van der Waals surface area (Å²) >= 11 is 0. The summed E-state index contributed by atoms with van der Waals surface area (Å²) in [5.74, 6) is 0. The second-order valence-electron chi connectivity index (χ2n) is 5.10. The summed E-state index contributed by atoms with van der Waals surface area (Å²) in [7, 11) is 2.04. The summed E-state index contributed by atoms with van der Waals surface area (Å²) in [4.78, 5) is 13.6. The van der Waals surface area contributed by atoms with Crippen LogP contribution in [0.2, 0.25) is 0 Å². The van der Waals surface area contributed by atoms with Crippen LogP contribution in [0, 0.1) is 0 Å². The number of ether oxygens (including phenoxy) is 1. The Kier molecular flexibility index (Phi) is 3.04.